The van der Waals surface area contributed by atoms with Gasteiger partial charge in [0.2, 0.25) is 0 Å². The SMILES string of the molecule is O=C([O-])c1cccc(C(=O)[O-])c1C(=O)[O-].[H+].[NH-]C1CCCC1[NH-].[Pt+4]. The van der Waals surface area contributed by atoms with Gasteiger partial charge in [0.05, 0.1) is 17.9 Å². The van der Waals surface area contributed by atoms with Crippen molar-refractivity contribution >= 4 is 17.9 Å². The maximum atomic E-state index is 10.6. The molecular weight excluding hydrogens is 487 g/mol. The van der Waals surface area contributed by atoms with E-state index in [9.17, 15) is 29.7 Å². The number of aromatic carboxylic acids is 3. The van der Waals surface area contributed by atoms with Gasteiger partial charge < -0.3 is 41.2 Å². The van der Waals surface area contributed by atoms with E-state index in [2.05, 4.69) is 0 Å². The molecule has 0 amide bonds. The Morgan fingerprint density at radius 2 is 1.30 bits per heavy atom. The fourth-order valence-corrected chi connectivity index (χ4v) is 2.07. The molecule has 23 heavy (non-hydrogen) atoms. The average molecular weight is 501 g/mol. The predicted octanol–water partition coefficient (Wildman–Crippen LogP) is -1.10. The van der Waals surface area contributed by atoms with Crippen molar-refractivity contribution in [1.29, 1.82) is 0 Å². The molecule has 1 aliphatic carbocycles. The third-order valence-corrected chi connectivity index (χ3v) is 3.22. The van der Waals surface area contributed by atoms with Gasteiger partial charge in [0.1, 0.15) is 0 Å². The van der Waals surface area contributed by atoms with Crippen LogP contribution in [0.25, 0.3) is 11.5 Å². The quantitative estimate of drug-likeness (QED) is 0.509. The van der Waals surface area contributed by atoms with E-state index in [1.807, 2.05) is 0 Å². The van der Waals surface area contributed by atoms with Gasteiger partial charge in [-0.2, -0.15) is 12.1 Å². The van der Waals surface area contributed by atoms with Crippen LogP contribution in [0.1, 0.15) is 51.8 Å². The van der Waals surface area contributed by atoms with Crippen molar-refractivity contribution < 1.29 is 52.2 Å². The van der Waals surface area contributed by atoms with Crippen molar-refractivity contribution in [3.8, 4) is 0 Å². The van der Waals surface area contributed by atoms with Crippen LogP contribution in [0.15, 0.2) is 18.2 Å². The Morgan fingerprint density at radius 3 is 1.52 bits per heavy atom. The average Bonchev–Trinajstić information content (AvgIpc) is 2.82. The molecular formula is C14H14N2O6Pt. The van der Waals surface area contributed by atoms with Crippen molar-refractivity contribution in [3.63, 3.8) is 0 Å². The van der Waals surface area contributed by atoms with Crippen LogP contribution in [0.4, 0.5) is 0 Å². The second-order valence-electron chi connectivity index (χ2n) is 4.73. The van der Waals surface area contributed by atoms with Crippen LogP contribution in [0.2, 0.25) is 0 Å². The van der Waals surface area contributed by atoms with Crippen LogP contribution in [-0.4, -0.2) is 30.0 Å². The molecule has 2 unspecified atom stereocenters. The molecule has 0 radical (unpaired) electrons. The topological polar surface area (TPSA) is 168 Å². The molecule has 0 spiro atoms. The fraction of sp³-hybridized carbons (Fsp3) is 0.357. The minimum absolute atomic E-state index is 0. The Kier molecular flexibility index (Phi) is 8.67. The van der Waals surface area contributed by atoms with Crippen molar-refractivity contribution in [1.82, 2.24) is 0 Å². The molecule has 0 saturated heterocycles. The van der Waals surface area contributed by atoms with Crippen LogP contribution in [-0.2, 0) is 21.1 Å². The summed E-state index contributed by atoms with van der Waals surface area (Å²) in [5.74, 6) is -5.50. The van der Waals surface area contributed by atoms with Crippen LogP contribution >= 0.6 is 0 Å². The summed E-state index contributed by atoms with van der Waals surface area (Å²) in [6.45, 7) is 0. The van der Waals surface area contributed by atoms with Gasteiger partial charge in [-0.05, 0) is 0 Å². The minimum Gasteiger partial charge on any atom is -0.676 e. The molecule has 1 aromatic rings. The number of benzene rings is 1. The summed E-state index contributed by atoms with van der Waals surface area (Å²) < 4.78 is 0. The van der Waals surface area contributed by atoms with Crippen molar-refractivity contribution in [2.75, 3.05) is 0 Å². The van der Waals surface area contributed by atoms with Gasteiger partial charge in [-0.3, -0.25) is 0 Å². The van der Waals surface area contributed by atoms with E-state index in [0.717, 1.165) is 37.5 Å². The van der Waals surface area contributed by atoms with E-state index >= 15 is 0 Å². The zero-order valence-corrected chi connectivity index (χ0v) is 14.0. The number of nitrogens with one attached hydrogen (secondary N) is 2. The largest absolute Gasteiger partial charge is 4.00 e. The number of hydrogen-bond acceptors (Lipinski definition) is 6. The summed E-state index contributed by atoms with van der Waals surface area (Å²) >= 11 is 0. The van der Waals surface area contributed by atoms with Gasteiger partial charge in [0.15, 0.2) is 0 Å². The van der Waals surface area contributed by atoms with E-state index in [1.165, 1.54) is 0 Å². The minimum atomic E-state index is -1.91. The normalized spacial score (nSPS) is 19.0. The first-order valence-corrected chi connectivity index (χ1v) is 6.45. The Bertz CT molecular complexity index is 558. The summed E-state index contributed by atoms with van der Waals surface area (Å²) in [6.07, 6.45) is 3.00. The number of carbonyl (C=O) groups is 3. The molecule has 1 fully saturated rings. The molecule has 2 atom stereocenters. The maximum Gasteiger partial charge on any atom is 4.00 e. The molecule has 8 nitrogen and oxygen atoms in total. The molecule has 2 rings (SSSR count). The van der Waals surface area contributed by atoms with Crippen molar-refractivity contribution in [2.24, 2.45) is 0 Å². The van der Waals surface area contributed by atoms with Gasteiger partial charge >= 0.3 is 22.5 Å². The Labute approximate surface area is 148 Å². The summed E-state index contributed by atoms with van der Waals surface area (Å²) in [5.41, 5.74) is 11.8. The van der Waals surface area contributed by atoms with Crippen molar-refractivity contribution in [2.45, 2.75) is 31.3 Å². The Morgan fingerprint density at radius 1 is 0.913 bits per heavy atom. The summed E-state index contributed by atoms with van der Waals surface area (Å²) in [4.78, 5) is 31.5. The zero-order valence-electron chi connectivity index (χ0n) is 12.8. The second-order valence-corrected chi connectivity index (χ2v) is 4.73. The molecule has 9 heteroatoms. The number of carboxylic acids is 3. The predicted molar refractivity (Wildman–Crippen MR) is 70.6 cm³/mol. The standard InChI is InChI=1S/C9H6O6.C5H10N2.Pt/c10-7(11)4-2-1-3-5(8(12)13)6(4)9(14)15;6-4-2-1-3-5(4)7;/h1-3H,(H,10,11)(H,12,13)(H,14,15);4-7H,1-3H2;/q;-2;+4/p-2. The molecule has 126 valence electrons. The van der Waals surface area contributed by atoms with E-state index in [4.69, 9.17) is 11.5 Å². The summed E-state index contributed by atoms with van der Waals surface area (Å²) in [5, 5.41) is 31.5. The molecule has 0 bridgehead atoms. The van der Waals surface area contributed by atoms with E-state index in [1.54, 1.807) is 0 Å². The monoisotopic (exact) mass is 501 g/mol. The van der Waals surface area contributed by atoms with Gasteiger partial charge in [-0.1, -0.05) is 37.5 Å². The van der Waals surface area contributed by atoms with Gasteiger partial charge in [0, 0.05) is 16.7 Å². The molecule has 1 saturated carbocycles. The maximum absolute atomic E-state index is 10.6. The van der Waals surface area contributed by atoms with Gasteiger partial charge in [-0.25, -0.2) is 0 Å². The Hall–Kier alpha value is -1.76. The third kappa shape index (κ3) is 5.74. The molecule has 0 heterocycles. The van der Waals surface area contributed by atoms with Crippen molar-refractivity contribution in [3.05, 3.63) is 46.4 Å². The number of hydrogen-bond donors (Lipinski definition) is 0. The second kappa shape index (κ2) is 9.39. The van der Waals surface area contributed by atoms with E-state index < -0.39 is 34.6 Å². The van der Waals surface area contributed by atoms with Gasteiger partial charge in [-0.15, -0.1) is 0 Å². The van der Waals surface area contributed by atoms with Crippen LogP contribution in [0, 0.1) is 0 Å². The first kappa shape index (κ1) is 21.2. The first-order valence-electron chi connectivity index (χ1n) is 6.45. The zero-order chi connectivity index (χ0) is 16.9. The first-order chi connectivity index (χ1) is 10.3. The van der Waals surface area contributed by atoms with E-state index in [-0.39, 0.29) is 34.6 Å². The number of carbonyl (C=O) groups excluding carboxylic acids is 3. The van der Waals surface area contributed by atoms with E-state index in [0.29, 0.717) is 0 Å². The summed E-state index contributed by atoms with van der Waals surface area (Å²) in [6, 6.07) is 2.75. The third-order valence-electron chi connectivity index (χ3n) is 3.22. The number of rotatable bonds is 3. The fourth-order valence-electron chi connectivity index (χ4n) is 2.07. The van der Waals surface area contributed by atoms with Crippen LogP contribution in [0.3, 0.4) is 0 Å². The molecule has 1 aliphatic rings. The Balaban J connectivity index is 0. The van der Waals surface area contributed by atoms with Gasteiger partial charge in [0.25, 0.3) is 0 Å². The smallest absolute Gasteiger partial charge is 0.676 e. The van der Waals surface area contributed by atoms with Crippen LogP contribution < -0.4 is 15.3 Å². The summed E-state index contributed by atoms with van der Waals surface area (Å²) in [7, 11) is 0. The molecule has 0 aromatic heterocycles. The molecule has 1 aromatic carbocycles. The number of carboxylic acid groups (broad SMARTS) is 3. The molecule has 2 N–H and O–H groups in total. The molecule has 0 aliphatic heterocycles. The van der Waals surface area contributed by atoms with Crippen LogP contribution in [0.5, 0.6) is 0 Å².